The molecule has 12 heavy (non-hydrogen) atoms. The van der Waals surface area contributed by atoms with Crippen LogP contribution in [0.4, 0.5) is 0 Å². The lowest BCUT2D eigenvalue weighted by atomic mass is 10.1. The Morgan fingerprint density at radius 2 is 1.75 bits per heavy atom. The number of nitrogens with one attached hydrogen (secondary N) is 3. The Labute approximate surface area is 75.6 Å². The summed E-state index contributed by atoms with van der Waals surface area (Å²) in [4.78, 5) is 0. The summed E-state index contributed by atoms with van der Waals surface area (Å²) in [6.45, 7) is 4.24. The molecule has 3 nitrogen and oxygen atoms in total. The molecule has 0 aliphatic carbocycles. The van der Waals surface area contributed by atoms with E-state index in [1.165, 1.54) is 11.4 Å². The highest BCUT2D eigenvalue weighted by Crippen LogP contribution is 2.05. The molecule has 72 valence electrons. The zero-order valence-electron chi connectivity index (χ0n) is 8.78. The van der Waals surface area contributed by atoms with E-state index in [2.05, 4.69) is 29.8 Å². The van der Waals surface area contributed by atoms with Crippen LogP contribution in [0.25, 0.3) is 0 Å². The molecular weight excluding hydrogens is 150 g/mol. The molecule has 0 aromatic carbocycles. The molecule has 0 heterocycles. The lowest BCUT2D eigenvalue weighted by Crippen LogP contribution is -2.34. The Kier molecular flexibility index (Phi) is 5.54. The van der Waals surface area contributed by atoms with Gasteiger partial charge in [0.05, 0.1) is 0 Å². The molecule has 0 saturated carbocycles. The molecule has 3 heteroatoms. The summed E-state index contributed by atoms with van der Waals surface area (Å²) < 4.78 is 0. The Morgan fingerprint density at radius 1 is 1.17 bits per heavy atom. The standard InChI is InChI=1S/C9H21N3/c1-6-8(11-4)9(12-5)7(2)10-3/h8,10-12H,6H2,1-5H3. The van der Waals surface area contributed by atoms with Gasteiger partial charge in [-0.3, -0.25) is 0 Å². The van der Waals surface area contributed by atoms with Crippen LogP contribution in [-0.4, -0.2) is 27.2 Å². The van der Waals surface area contributed by atoms with Crippen molar-refractivity contribution < 1.29 is 0 Å². The van der Waals surface area contributed by atoms with Crippen molar-refractivity contribution in [3.8, 4) is 0 Å². The molecule has 1 atom stereocenters. The van der Waals surface area contributed by atoms with Gasteiger partial charge in [-0.2, -0.15) is 0 Å². The third kappa shape index (κ3) is 2.74. The second kappa shape index (κ2) is 5.89. The summed E-state index contributed by atoms with van der Waals surface area (Å²) in [5.41, 5.74) is 2.43. The highest BCUT2D eigenvalue weighted by Gasteiger charge is 2.10. The lowest BCUT2D eigenvalue weighted by molar-refractivity contribution is 0.574. The molecule has 0 saturated heterocycles. The Morgan fingerprint density at radius 3 is 2.00 bits per heavy atom. The third-order valence-corrected chi connectivity index (χ3v) is 2.15. The van der Waals surface area contributed by atoms with Crippen molar-refractivity contribution in [2.75, 3.05) is 21.1 Å². The molecule has 0 amide bonds. The van der Waals surface area contributed by atoms with E-state index in [0.29, 0.717) is 6.04 Å². The van der Waals surface area contributed by atoms with Crippen LogP contribution in [-0.2, 0) is 0 Å². The molecule has 0 aromatic rings. The number of allylic oxidation sites excluding steroid dienone is 1. The van der Waals surface area contributed by atoms with Gasteiger partial charge in [-0.05, 0) is 20.4 Å². The van der Waals surface area contributed by atoms with Crippen LogP contribution in [0.1, 0.15) is 20.3 Å². The van der Waals surface area contributed by atoms with Gasteiger partial charge >= 0.3 is 0 Å². The highest BCUT2D eigenvalue weighted by atomic mass is 15.0. The average Bonchev–Trinajstić information content (AvgIpc) is 2.12. The second-order valence-electron chi connectivity index (χ2n) is 2.79. The van der Waals surface area contributed by atoms with Gasteiger partial charge in [0.15, 0.2) is 0 Å². The molecule has 0 fully saturated rings. The van der Waals surface area contributed by atoms with Gasteiger partial charge in [0.25, 0.3) is 0 Å². The maximum absolute atomic E-state index is 3.26. The first-order valence-corrected chi connectivity index (χ1v) is 4.44. The summed E-state index contributed by atoms with van der Waals surface area (Å²) in [7, 11) is 5.87. The van der Waals surface area contributed by atoms with Gasteiger partial charge in [-0.25, -0.2) is 0 Å². The Balaban J connectivity index is 4.50. The summed E-state index contributed by atoms with van der Waals surface area (Å²) >= 11 is 0. The lowest BCUT2D eigenvalue weighted by Gasteiger charge is -2.20. The minimum atomic E-state index is 0.419. The van der Waals surface area contributed by atoms with E-state index in [1.54, 1.807) is 0 Å². The van der Waals surface area contributed by atoms with Gasteiger partial charge in [0.1, 0.15) is 0 Å². The summed E-state index contributed by atoms with van der Waals surface area (Å²) in [6, 6.07) is 0.419. The van der Waals surface area contributed by atoms with Crippen molar-refractivity contribution in [3.05, 3.63) is 11.4 Å². The predicted octanol–water partition coefficient (Wildman–Crippen LogP) is 0.655. The minimum absolute atomic E-state index is 0.419. The van der Waals surface area contributed by atoms with E-state index in [4.69, 9.17) is 0 Å². The van der Waals surface area contributed by atoms with Gasteiger partial charge in [-0.1, -0.05) is 6.92 Å². The fourth-order valence-corrected chi connectivity index (χ4v) is 1.31. The minimum Gasteiger partial charge on any atom is -0.390 e. The average molecular weight is 171 g/mol. The molecule has 0 radical (unpaired) electrons. The molecule has 0 bridgehead atoms. The van der Waals surface area contributed by atoms with Crippen LogP contribution in [0.3, 0.4) is 0 Å². The van der Waals surface area contributed by atoms with Crippen molar-refractivity contribution in [1.82, 2.24) is 16.0 Å². The van der Waals surface area contributed by atoms with Crippen molar-refractivity contribution in [3.63, 3.8) is 0 Å². The van der Waals surface area contributed by atoms with Crippen LogP contribution < -0.4 is 16.0 Å². The van der Waals surface area contributed by atoms with E-state index in [-0.39, 0.29) is 0 Å². The summed E-state index contributed by atoms with van der Waals surface area (Å²) in [5, 5.41) is 9.61. The normalized spacial score (nSPS) is 15.1. The molecular formula is C9H21N3. The second-order valence-corrected chi connectivity index (χ2v) is 2.79. The maximum atomic E-state index is 3.26. The zero-order valence-corrected chi connectivity index (χ0v) is 8.78. The van der Waals surface area contributed by atoms with E-state index in [9.17, 15) is 0 Å². The monoisotopic (exact) mass is 171 g/mol. The fourth-order valence-electron chi connectivity index (χ4n) is 1.31. The molecule has 0 aliphatic rings. The number of rotatable bonds is 5. The molecule has 0 aromatic heterocycles. The zero-order chi connectivity index (χ0) is 9.56. The molecule has 1 unspecified atom stereocenters. The number of likely N-dealkylation sites (N-methyl/N-ethyl adjacent to an activating group) is 2. The van der Waals surface area contributed by atoms with E-state index >= 15 is 0 Å². The van der Waals surface area contributed by atoms with Crippen molar-refractivity contribution in [2.45, 2.75) is 26.3 Å². The quantitative estimate of drug-likeness (QED) is 0.568. The maximum Gasteiger partial charge on any atom is 0.0481 e. The summed E-state index contributed by atoms with van der Waals surface area (Å²) in [6.07, 6.45) is 1.09. The smallest absolute Gasteiger partial charge is 0.0481 e. The SMILES string of the molecule is CCC(NC)C(NC)=C(C)NC. The Bertz CT molecular complexity index is 148. The van der Waals surface area contributed by atoms with Crippen molar-refractivity contribution in [1.29, 1.82) is 0 Å². The van der Waals surface area contributed by atoms with Crippen molar-refractivity contribution in [2.24, 2.45) is 0 Å². The summed E-state index contributed by atoms with van der Waals surface area (Å²) in [5.74, 6) is 0. The first-order chi connectivity index (χ1) is 5.71. The van der Waals surface area contributed by atoms with Crippen LogP contribution in [0.15, 0.2) is 11.4 Å². The highest BCUT2D eigenvalue weighted by molar-refractivity contribution is 5.14. The van der Waals surface area contributed by atoms with Gasteiger partial charge in [0.2, 0.25) is 0 Å². The van der Waals surface area contributed by atoms with E-state index < -0.39 is 0 Å². The van der Waals surface area contributed by atoms with Gasteiger partial charge in [0, 0.05) is 31.5 Å². The van der Waals surface area contributed by atoms with Crippen LogP contribution in [0.2, 0.25) is 0 Å². The Hall–Kier alpha value is -0.700. The van der Waals surface area contributed by atoms with Crippen LogP contribution in [0.5, 0.6) is 0 Å². The van der Waals surface area contributed by atoms with Gasteiger partial charge in [-0.15, -0.1) is 0 Å². The first kappa shape index (κ1) is 11.3. The predicted molar refractivity (Wildman–Crippen MR) is 54.0 cm³/mol. The van der Waals surface area contributed by atoms with E-state index in [0.717, 1.165) is 6.42 Å². The number of hydrogen-bond donors (Lipinski definition) is 3. The molecule has 0 rings (SSSR count). The first-order valence-electron chi connectivity index (χ1n) is 4.44. The van der Waals surface area contributed by atoms with E-state index in [1.807, 2.05) is 21.1 Å². The fraction of sp³-hybridized carbons (Fsp3) is 0.778. The third-order valence-electron chi connectivity index (χ3n) is 2.15. The topological polar surface area (TPSA) is 36.1 Å². The van der Waals surface area contributed by atoms with Crippen LogP contribution >= 0.6 is 0 Å². The van der Waals surface area contributed by atoms with Gasteiger partial charge < -0.3 is 16.0 Å². The number of hydrogen-bond acceptors (Lipinski definition) is 3. The molecule has 0 aliphatic heterocycles. The largest absolute Gasteiger partial charge is 0.390 e. The molecule has 0 spiro atoms. The van der Waals surface area contributed by atoms with Crippen LogP contribution in [0, 0.1) is 0 Å². The molecule has 3 N–H and O–H groups in total. The van der Waals surface area contributed by atoms with Crippen molar-refractivity contribution >= 4 is 0 Å².